The van der Waals surface area contributed by atoms with E-state index in [0.717, 1.165) is 0 Å². The summed E-state index contributed by atoms with van der Waals surface area (Å²) in [5, 5.41) is 10.5. The highest BCUT2D eigenvalue weighted by atomic mass is 16.6. The van der Waals surface area contributed by atoms with Gasteiger partial charge in [0.15, 0.2) is 0 Å². The van der Waals surface area contributed by atoms with E-state index in [4.69, 9.17) is 9.47 Å². The Hall–Kier alpha value is -2.11. The highest BCUT2D eigenvalue weighted by molar-refractivity contribution is 5.69. The SMILES string of the molecule is COc1cc(OC(C)=O)ccc1[N+](=O)[O-]. The van der Waals surface area contributed by atoms with E-state index in [1.165, 1.54) is 32.2 Å². The summed E-state index contributed by atoms with van der Waals surface area (Å²) in [6, 6.07) is 3.85. The van der Waals surface area contributed by atoms with Crippen molar-refractivity contribution < 1.29 is 19.2 Å². The summed E-state index contributed by atoms with van der Waals surface area (Å²) in [4.78, 5) is 20.6. The van der Waals surface area contributed by atoms with Crippen molar-refractivity contribution in [1.82, 2.24) is 0 Å². The van der Waals surface area contributed by atoms with Crippen LogP contribution in [0.2, 0.25) is 0 Å². The van der Waals surface area contributed by atoms with E-state index < -0.39 is 10.9 Å². The third-order valence-corrected chi connectivity index (χ3v) is 1.61. The zero-order valence-corrected chi connectivity index (χ0v) is 8.22. The lowest BCUT2D eigenvalue weighted by atomic mass is 10.3. The Bertz CT molecular complexity index is 401. The average molecular weight is 211 g/mol. The molecule has 0 atom stereocenters. The van der Waals surface area contributed by atoms with Crippen molar-refractivity contribution in [2.24, 2.45) is 0 Å². The summed E-state index contributed by atoms with van der Waals surface area (Å²) in [5.41, 5.74) is -0.173. The van der Waals surface area contributed by atoms with Gasteiger partial charge in [0.2, 0.25) is 5.75 Å². The number of ether oxygens (including phenoxy) is 2. The summed E-state index contributed by atoms with van der Waals surface area (Å²) >= 11 is 0. The molecule has 1 rings (SSSR count). The topological polar surface area (TPSA) is 78.7 Å². The fraction of sp³-hybridized carbons (Fsp3) is 0.222. The largest absolute Gasteiger partial charge is 0.490 e. The van der Waals surface area contributed by atoms with Crippen LogP contribution in [0.5, 0.6) is 11.5 Å². The van der Waals surface area contributed by atoms with Gasteiger partial charge in [0, 0.05) is 19.1 Å². The maximum Gasteiger partial charge on any atom is 0.311 e. The molecule has 0 radical (unpaired) electrons. The van der Waals surface area contributed by atoms with Gasteiger partial charge in [0.1, 0.15) is 5.75 Å². The fourth-order valence-electron chi connectivity index (χ4n) is 1.04. The minimum atomic E-state index is -0.573. The first kappa shape index (κ1) is 11.0. The molecule has 0 fully saturated rings. The van der Waals surface area contributed by atoms with E-state index in [9.17, 15) is 14.9 Å². The Labute approximate surface area is 85.6 Å². The smallest absolute Gasteiger partial charge is 0.311 e. The minimum absolute atomic E-state index is 0.0544. The minimum Gasteiger partial charge on any atom is -0.490 e. The number of hydrogen-bond donors (Lipinski definition) is 0. The molecule has 0 unspecified atom stereocenters. The number of rotatable bonds is 3. The molecular weight excluding hydrogens is 202 g/mol. The molecule has 1 aromatic carbocycles. The van der Waals surface area contributed by atoms with Crippen LogP contribution in [-0.4, -0.2) is 18.0 Å². The van der Waals surface area contributed by atoms with Crippen LogP contribution in [0.15, 0.2) is 18.2 Å². The standard InChI is InChI=1S/C9H9NO5/c1-6(11)15-7-3-4-8(10(12)13)9(5-7)14-2/h3-5H,1-2H3. The molecule has 0 heterocycles. The van der Waals surface area contributed by atoms with E-state index in [0.29, 0.717) is 0 Å². The van der Waals surface area contributed by atoms with E-state index in [-0.39, 0.29) is 17.2 Å². The summed E-state index contributed by atoms with van der Waals surface area (Å²) < 4.78 is 9.55. The van der Waals surface area contributed by atoms with Crippen LogP contribution < -0.4 is 9.47 Å². The van der Waals surface area contributed by atoms with Gasteiger partial charge in [-0.25, -0.2) is 0 Å². The number of carbonyl (C=O) groups is 1. The van der Waals surface area contributed by atoms with Crippen LogP contribution in [-0.2, 0) is 4.79 Å². The van der Waals surface area contributed by atoms with Crippen molar-refractivity contribution in [3.8, 4) is 11.5 Å². The second-order valence-electron chi connectivity index (χ2n) is 2.68. The summed E-state index contributed by atoms with van der Waals surface area (Å²) in [5.74, 6) is -0.227. The van der Waals surface area contributed by atoms with Gasteiger partial charge in [-0.05, 0) is 6.07 Å². The molecular formula is C9H9NO5. The number of nitrogens with zero attached hydrogens (tertiary/aromatic N) is 1. The van der Waals surface area contributed by atoms with Crippen LogP contribution >= 0.6 is 0 Å². The van der Waals surface area contributed by atoms with Gasteiger partial charge in [-0.15, -0.1) is 0 Å². The van der Waals surface area contributed by atoms with Crippen LogP contribution in [0.4, 0.5) is 5.69 Å². The number of esters is 1. The third kappa shape index (κ3) is 2.67. The lowest BCUT2D eigenvalue weighted by Gasteiger charge is -2.04. The second kappa shape index (κ2) is 4.41. The molecule has 1 aromatic rings. The number of nitro groups is 1. The maximum absolute atomic E-state index is 10.6. The van der Waals surface area contributed by atoms with Gasteiger partial charge in [-0.1, -0.05) is 0 Å². The van der Waals surface area contributed by atoms with Gasteiger partial charge in [-0.3, -0.25) is 14.9 Å². The van der Waals surface area contributed by atoms with E-state index in [2.05, 4.69) is 0 Å². The number of benzene rings is 1. The van der Waals surface area contributed by atoms with E-state index in [1.54, 1.807) is 0 Å². The molecule has 0 saturated heterocycles. The Morgan fingerprint density at radius 1 is 1.47 bits per heavy atom. The van der Waals surface area contributed by atoms with Crippen molar-refractivity contribution in [3.05, 3.63) is 28.3 Å². The lowest BCUT2D eigenvalue weighted by molar-refractivity contribution is -0.385. The summed E-state index contributed by atoms with van der Waals surface area (Å²) in [6.45, 7) is 1.24. The van der Waals surface area contributed by atoms with Crippen molar-refractivity contribution >= 4 is 11.7 Å². The molecule has 6 nitrogen and oxygen atoms in total. The predicted octanol–water partition coefficient (Wildman–Crippen LogP) is 1.53. The first-order chi connectivity index (χ1) is 7.04. The molecule has 15 heavy (non-hydrogen) atoms. The number of hydrogen-bond acceptors (Lipinski definition) is 5. The number of carbonyl (C=O) groups excluding carboxylic acids is 1. The van der Waals surface area contributed by atoms with Gasteiger partial charge < -0.3 is 9.47 Å². The third-order valence-electron chi connectivity index (χ3n) is 1.61. The molecule has 0 aliphatic carbocycles. The normalized spacial score (nSPS) is 9.47. The molecule has 6 heteroatoms. The summed E-state index contributed by atoms with van der Waals surface area (Å²) in [6.07, 6.45) is 0. The Morgan fingerprint density at radius 3 is 2.60 bits per heavy atom. The van der Waals surface area contributed by atoms with Crippen molar-refractivity contribution in [3.63, 3.8) is 0 Å². The lowest BCUT2D eigenvalue weighted by Crippen LogP contribution is -2.02. The Morgan fingerprint density at radius 2 is 2.13 bits per heavy atom. The maximum atomic E-state index is 10.6. The van der Waals surface area contributed by atoms with Crippen molar-refractivity contribution in [1.29, 1.82) is 0 Å². The van der Waals surface area contributed by atoms with Crippen LogP contribution in [0, 0.1) is 10.1 Å². The predicted molar refractivity (Wildman–Crippen MR) is 51.0 cm³/mol. The Balaban J connectivity index is 3.07. The van der Waals surface area contributed by atoms with Crippen LogP contribution in [0.1, 0.15) is 6.92 Å². The van der Waals surface area contributed by atoms with Crippen LogP contribution in [0.3, 0.4) is 0 Å². The molecule has 0 aliphatic heterocycles. The van der Waals surface area contributed by atoms with Crippen LogP contribution in [0.25, 0.3) is 0 Å². The van der Waals surface area contributed by atoms with Gasteiger partial charge in [0.25, 0.3) is 0 Å². The molecule has 0 spiro atoms. The molecule has 0 N–H and O–H groups in total. The molecule has 80 valence electrons. The van der Waals surface area contributed by atoms with Gasteiger partial charge in [-0.2, -0.15) is 0 Å². The highest BCUT2D eigenvalue weighted by Crippen LogP contribution is 2.30. The van der Waals surface area contributed by atoms with Crippen molar-refractivity contribution in [2.75, 3.05) is 7.11 Å². The van der Waals surface area contributed by atoms with Gasteiger partial charge >= 0.3 is 11.7 Å². The number of nitro benzene ring substituents is 1. The monoisotopic (exact) mass is 211 g/mol. The number of methoxy groups -OCH3 is 1. The van der Waals surface area contributed by atoms with Gasteiger partial charge in [0.05, 0.1) is 12.0 Å². The fourth-order valence-corrected chi connectivity index (χ4v) is 1.04. The van der Waals surface area contributed by atoms with E-state index >= 15 is 0 Å². The quantitative estimate of drug-likeness (QED) is 0.328. The Kier molecular flexibility index (Phi) is 3.22. The molecule has 0 bridgehead atoms. The zero-order valence-electron chi connectivity index (χ0n) is 8.22. The molecule has 0 aromatic heterocycles. The second-order valence-corrected chi connectivity index (χ2v) is 2.68. The molecule has 0 saturated carbocycles. The summed E-state index contributed by atoms with van der Waals surface area (Å²) in [7, 11) is 1.31. The van der Waals surface area contributed by atoms with E-state index in [1.807, 2.05) is 0 Å². The first-order valence-electron chi connectivity index (χ1n) is 4.05. The molecule has 0 amide bonds. The highest BCUT2D eigenvalue weighted by Gasteiger charge is 2.15. The van der Waals surface area contributed by atoms with Crippen molar-refractivity contribution in [2.45, 2.75) is 6.92 Å². The zero-order chi connectivity index (χ0) is 11.4. The first-order valence-corrected chi connectivity index (χ1v) is 4.05. The molecule has 0 aliphatic rings. The average Bonchev–Trinajstić information content (AvgIpc) is 2.16.